The van der Waals surface area contributed by atoms with E-state index in [1.807, 2.05) is 19.9 Å². The topological polar surface area (TPSA) is 86.8 Å². The summed E-state index contributed by atoms with van der Waals surface area (Å²) in [5.74, 6) is -1.08. The Morgan fingerprint density at radius 3 is 2.34 bits per heavy atom. The average molecular weight is 496 g/mol. The molecular formula is C26H26FN3O4S. The molecule has 3 aromatic rings. The molecule has 182 valence electrons. The van der Waals surface area contributed by atoms with Crippen LogP contribution in [0.2, 0.25) is 0 Å². The van der Waals surface area contributed by atoms with Crippen molar-refractivity contribution in [2.75, 3.05) is 27.6 Å². The number of aryl methyl sites for hydroxylation is 2. The van der Waals surface area contributed by atoms with Crippen LogP contribution in [0.1, 0.15) is 24.0 Å². The van der Waals surface area contributed by atoms with Gasteiger partial charge in [-0.3, -0.25) is 13.9 Å². The van der Waals surface area contributed by atoms with Gasteiger partial charge in [-0.15, -0.1) is 0 Å². The Balaban J connectivity index is 1.61. The van der Waals surface area contributed by atoms with E-state index in [0.29, 0.717) is 24.3 Å². The first-order valence-electron chi connectivity index (χ1n) is 11.2. The van der Waals surface area contributed by atoms with Crippen molar-refractivity contribution in [2.45, 2.75) is 31.6 Å². The van der Waals surface area contributed by atoms with Gasteiger partial charge in [0.1, 0.15) is 12.4 Å². The van der Waals surface area contributed by atoms with Crippen LogP contribution >= 0.6 is 0 Å². The third-order valence-corrected chi connectivity index (χ3v) is 7.66. The summed E-state index contributed by atoms with van der Waals surface area (Å²) in [5.41, 5.74) is 3.32. The zero-order valence-corrected chi connectivity index (χ0v) is 20.3. The first kappa shape index (κ1) is 24.4. The van der Waals surface area contributed by atoms with E-state index in [1.54, 1.807) is 41.3 Å². The number of carbonyl (C=O) groups excluding carboxylic acids is 2. The summed E-state index contributed by atoms with van der Waals surface area (Å²) in [4.78, 5) is 26.8. The van der Waals surface area contributed by atoms with Gasteiger partial charge in [-0.05, 0) is 74.4 Å². The molecule has 1 heterocycles. The van der Waals surface area contributed by atoms with Crippen molar-refractivity contribution in [1.29, 1.82) is 0 Å². The van der Waals surface area contributed by atoms with Crippen molar-refractivity contribution in [2.24, 2.45) is 0 Å². The fourth-order valence-electron chi connectivity index (χ4n) is 3.97. The summed E-state index contributed by atoms with van der Waals surface area (Å²) in [6, 6.07) is 16.4. The molecule has 2 amide bonds. The number of nitrogens with one attached hydrogen (secondary N) is 1. The molecule has 0 saturated carbocycles. The molecule has 35 heavy (non-hydrogen) atoms. The van der Waals surface area contributed by atoms with E-state index in [1.165, 1.54) is 12.1 Å². The normalized spacial score (nSPS) is 13.7. The van der Waals surface area contributed by atoms with Crippen LogP contribution < -0.4 is 14.5 Å². The summed E-state index contributed by atoms with van der Waals surface area (Å²) in [6.07, 6.45) is 1.27. The summed E-state index contributed by atoms with van der Waals surface area (Å²) in [5, 5.41) is 2.75. The van der Waals surface area contributed by atoms with E-state index in [9.17, 15) is 22.4 Å². The number of carbonyl (C=O) groups is 2. The lowest BCUT2D eigenvalue weighted by Gasteiger charge is -2.24. The molecular weight excluding hydrogens is 469 g/mol. The van der Waals surface area contributed by atoms with E-state index >= 15 is 0 Å². The highest BCUT2D eigenvalue weighted by molar-refractivity contribution is 7.92. The van der Waals surface area contributed by atoms with E-state index in [0.717, 1.165) is 39.7 Å². The van der Waals surface area contributed by atoms with Gasteiger partial charge in [-0.1, -0.05) is 23.8 Å². The number of benzene rings is 3. The second-order valence-electron chi connectivity index (χ2n) is 8.50. The monoisotopic (exact) mass is 495 g/mol. The van der Waals surface area contributed by atoms with Crippen molar-refractivity contribution >= 4 is 38.9 Å². The van der Waals surface area contributed by atoms with Gasteiger partial charge in [0.05, 0.1) is 10.6 Å². The van der Waals surface area contributed by atoms with E-state index in [4.69, 9.17) is 0 Å². The molecule has 0 bridgehead atoms. The highest BCUT2D eigenvalue weighted by Gasteiger charge is 2.28. The highest BCUT2D eigenvalue weighted by Crippen LogP contribution is 2.29. The lowest BCUT2D eigenvalue weighted by molar-refractivity contribution is -0.117. The van der Waals surface area contributed by atoms with Crippen LogP contribution in [-0.2, 0) is 19.6 Å². The Bertz CT molecular complexity index is 1360. The molecule has 0 atom stereocenters. The predicted molar refractivity (Wildman–Crippen MR) is 134 cm³/mol. The number of sulfonamides is 1. The number of nitrogens with zero attached hydrogens (tertiary/aromatic N) is 2. The molecule has 7 nitrogen and oxygen atoms in total. The minimum Gasteiger partial charge on any atom is -0.324 e. The van der Waals surface area contributed by atoms with Crippen molar-refractivity contribution in [3.63, 3.8) is 0 Å². The second kappa shape index (κ2) is 9.87. The van der Waals surface area contributed by atoms with Crippen molar-refractivity contribution in [3.8, 4) is 0 Å². The maximum atomic E-state index is 13.4. The summed E-state index contributed by atoms with van der Waals surface area (Å²) >= 11 is 0. The average Bonchev–Trinajstić information content (AvgIpc) is 3.25. The van der Waals surface area contributed by atoms with Gasteiger partial charge in [0.15, 0.2) is 0 Å². The molecule has 1 N–H and O–H groups in total. The Morgan fingerprint density at radius 2 is 1.71 bits per heavy atom. The number of hydrogen-bond donors (Lipinski definition) is 1. The molecule has 3 aromatic carbocycles. The molecule has 1 fully saturated rings. The van der Waals surface area contributed by atoms with Crippen molar-refractivity contribution in [1.82, 2.24) is 0 Å². The SMILES string of the molecule is Cc1ccc(N(CC(=O)Nc2ccc(C)c(N3CCCC3=O)c2)S(=O)(=O)c2ccc(F)cc2)cc1. The molecule has 0 aromatic heterocycles. The zero-order valence-electron chi connectivity index (χ0n) is 19.5. The number of hydrogen-bond acceptors (Lipinski definition) is 4. The van der Waals surface area contributed by atoms with Crippen LogP contribution in [0, 0.1) is 19.7 Å². The van der Waals surface area contributed by atoms with Crippen LogP contribution in [0.3, 0.4) is 0 Å². The fraction of sp³-hybridized carbons (Fsp3) is 0.231. The summed E-state index contributed by atoms with van der Waals surface area (Å²) < 4.78 is 41.2. The largest absolute Gasteiger partial charge is 0.324 e. The maximum absolute atomic E-state index is 13.4. The van der Waals surface area contributed by atoms with E-state index in [2.05, 4.69) is 5.32 Å². The van der Waals surface area contributed by atoms with Gasteiger partial charge in [-0.2, -0.15) is 0 Å². The van der Waals surface area contributed by atoms with Gasteiger partial charge in [0.25, 0.3) is 10.0 Å². The van der Waals surface area contributed by atoms with Gasteiger partial charge in [-0.25, -0.2) is 12.8 Å². The van der Waals surface area contributed by atoms with Crippen LogP contribution in [0.5, 0.6) is 0 Å². The van der Waals surface area contributed by atoms with E-state index < -0.39 is 28.3 Å². The maximum Gasteiger partial charge on any atom is 0.264 e. The zero-order chi connectivity index (χ0) is 25.2. The lowest BCUT2D eigenvalue weighted by atomic mass is 10.1. The molecule has 0 radical (unpaired) electrons. The lowest BCUT2D eigenvalue weighted by Crippen LogP contribution is -2.38. The molecule has 0 spiro atoms. The molecule has 1 aliphatic rings. The molecule has 0 aliphatic carbocycles. The Morgan fingerprint density at radius 1 is 1.03 bits per heavy atom. The molecule has 1 aliphatic heterocycles. The van der Waals surface area contributed by atoms with Crippen LogP contribution in [-0.4, -0.2) is 33.3 Å². The van der Waals surface area contributed by atoms with Gasteiger partial charge < -0.3 is 10.2 Å². The molecule has 4 rings (SSSR count). The number of halogens is 1. The molecule has 0 unspecified atom stereocenters. The van der Waals surface area contributed by atoms with Gasteiger partial charge >= 0.3 is 0 Å². The predicted octanol–water partition coefficient (Wildman–Crippen LogP) is 4.40. The minimum atomic E-state index is -4.15. The van der Waals surface area contributed by atoms with Gasteiger partial charge in [0, 0.05) is 24.3 Å². The Hall–Kier alpha value is -3.72. The van der Waals surface area contributed by atoms with Crippen LogP contribution in [0.25, 0.3) is 0 Å². The van der Waals surface area contributed by atoms with Crippen LogP contribution in [0.15, 0.2) is 71.6 Å². The van der Waals surface area contributed by atoms with Crippen molar-refractivity contribution < 1.29 is 22.4 Å². The minimum absolute atomic E-state index is 0.0347. The smallest absolute Gasteiger partial charge is 0.264 e. The highest BCUT2D eigenvalue weighted by atomic mass is 32.2. The quantitative estimate of drug-likeness (QED) is 0.526. The fourth-order valence-corrected chi connectivity index (χ4v) is 5.39. The van der Waals surface area contributed by atoms with Crippen molar-refractivity contribution in [3.05, 3.63) is 83.7 Å². The van der Waals surface area contributed by atoms with Crippen LogP contribution in [0.4, 0.5) is 21.5 Å². The number of anilines is 3. The molecule has 9 heteroatoms. The number of rotatable bonds is 7. The third kappa shape index (κ3) is 5.35. The summed E-state index contributed by atoms with van der Waals surface area (Å²) in [6.45, 7) is 3.89. The third-order valence-electron chi connectivity index (χ3n) is 5.87. The standard InChI is InChI=1S/C26H26FN3O4S/c1-18-5-11-22(12-6-18)30(35(33,34)23-13-8-20(27)9-14-23)17-25(31)28-21-10-7-19(2)24(16-21)29-15-3-4-26(29)32/h5-14,16H,3-4,15,17H2,1-2H3,(H,28,31). The Labute approximate surface area is 204 Å². The first-order chi connectivity index (χ1) is 16.6. The van der Waals surface area contributed by atoms with Gasteiger partial charge in [0.2, 0.25) is 11.8 Å². The summed E-state index contributed by atoms with van der Waals surface area (Å²) in [7, 11) is -4.15. The first-order valence-corrected chi connectivity index (χ1v) is 12.6. The Kier molecular flexibility index (Phi) is 6.88. The molecule has 1 saturated heterocycles. The number of amides is 2. The van der Waals surface area contributed by atoms with E-state index in [-0.39, 0.29) is 10.8 Å². The second-order valence-corrected chi connectivity index (χ2v) is 10.4.